The van der Waals surface area contributed by atoms with E-state index < -0.39 is 16.8 Å². The molecule has 0 aromatic carbocycles. The highest BCUT2D eigenvalue weighted by molar-refractivity contribution is 5.85. The third kappa shape index (κ3) is 2.64. The van der Waals surface area contributed by atoms with Crippen molar-refractivity contribution in [3.05, 3.63) is 32.9 Å². The van der Waals surface area contributed by atoms with E-state index in [0.717, 1.165) is 25.7 Å². The first-order valence-electron chi connectivity index (χ1n) is 6.43. The topological polar surface area (TPSA) is 120 Å². The number of aryl methyl sites for hydroxylation is 1. The lowest BCUT2D eigenvalue weighted by molar-refractivity contribution is 0.372. The summed E-state index contributed by atoms with van der Waals surface area (Å²) < 4.78 is 6.37. The van der Waals surface area contributed by atoms with E-state index in [0.29, 0.717) is 5.82 Å². The molecule has 114 valence electrons. The van der Waals surface area contributed by atoms with Crippen LogP contribution in [-0.2, 0) is 12.6 Å². The minimum absolute atomic E-state index is 0. The molecule has 8 nitrogen and oxygen atoms in total. The number of halogens is 1. The van der Waals surface area contributed by atoms with Gasteiger partial charge in [0.05, 0.1) is 5.54 Å². The Morgan fingerprint density at radius 2 is 2.05 bits per heavy atom. The smallest absolute Gasteiger partial charge is 0.328 e. The van der Waals surface area contributed by atoms with Crippen molar-refractivity contribution >= 4 is 12.4 Å². The average molecular weight is 314 g/mol. The largest absolute Gasteiger partial charge is 0.334 e. The molecule has 1 saturated carbocycles. The standard InChI is InChI=1S/C12H15N5O3.ClH/c1-17-6-7(8(18)14-11(17)19)9-15-10(16-20-9)12(13)4-2-3-5-12;/h6H,2-5,13H2,1H3,(H,14,18,19);1H. The van der Waals surface area contributed by atoms with E-state index in [-0.39, 0.29) is 23.9 Å². The fraction of sp³-hybridized carbons (Fsp3) is 0.500. The second-order valence-electron chi connectivity index (χ2n) is 5.20. The number of H-pyrrole nitrogens is 1. The Hall–Kier alpha value is -1.93. The molecule has 0 aliphatic heterocycles. The summed E-state index contributed by atoms with van der Waals surface area (Å²) in [7, 11) is 1.53. The summed E-state index contributed by atoms with van der Waals surface area (Å²) in [6, 6.07) is 0. The highest BCUT2D eigenvalue weighted by atomic mass is 35.5. The van der Waals surface area contributed by atoms with Crippen molar-refractivity contribution in [1.82, 2.24) is 19.7 Å². The molecule has 2 aromatic rings. The molecule has 9 heteroatoms. The maximum Gasteiger partial charge on any atom is 0.328 e. The van der Waals surface area contributed by atoms with Gasteiger partial charge in [0.15, 0.2) is 5.82 Å². The predicted octanol–water partition coefficient (Wildman–Crippen LogP) is 0.273. The van der Waals surface area contributed by atoms with E-state index in [1.54, 1.807) is 0 Å². The lowest BCUT2D eigenvalue weighted by Gasteiger charge is -2.17. The third-order valence-corrected chi connectivity index (χ3v) is 3.71. The van der Waals surface area contributed by atoms with Crippen LogP contribution in [0.15, 0.2) is 20.3 Å². The molecule has 0 unspecified atom stereocenters. The summed E-state index contributed by atoms with van der Waals surface area (Å²) in [6.07, 6.45) is 5.03. The van der Waals surface area contributed by atoms with Gasteiger partial charge in [-0.25, -0.2) is 4.79 Å². The van der Waals surface area contributed by atoms with Gasteiger partial charge in [0.25, 0.3) is 11.4 Å². The van der Waals surface area contributed by atoms with Crippen LogP contribution in [0.25, 0.3) is 11.5 Å². The normalized spacial score (nSPS) is 16.7. The van der Waals surface area contributed by atoms with E-state index >= 15 is 0 Å². The highest BCUT2D eigenvalue weighted by Gasteiger charge is 2.36. The van der Waals surface area contributed by atoms with Crippen LogP contribution in [0, 0.1) is 0 Å². The zero-order valence-corrected chi connectivity index (χ0v) is 12.3. The van der Waals surface area contributed by atoms with E-state index in [4.69, 9.17) is 10.3 Å². The van der Waals surface area contributed by atoms with Gasteiger partial charge >= 0.3 is 5.69 Å². The molecule has 1 aliphatic rings. The molecule has 1 aliphatic carbocycles. The SMILES string of the molecule is Cl.Cn1cc(-c2nc(C3(N)CCCC3)no2)c(=O)[nH]c1=O. The Morgan fingerprint density at radius 1 is 1.38 bits per heavy atom. The third-order valence-electron chi connectivity index (χ3n) is 3.71. The first-order chi connectivity index (χ1) is 9.49. The number of hydrogen-bond acceptors (Lipinski definition) is 6. The summed E-state index contributed by atoms with van der Waals surface area (Å²) in [5, 5.41) is 3.89. The molecule has 2 aromatic heterocycles. The molecule has 0 atom stereocenters. The maximum absolute atomic E-state index is 11.8. The summed E-state index contributed by atoms with van der Waals surface area (Å²) in [6.45, 7) is 0. The molecule has 0 amide bonds. The van der Waals surface area contributed by atoms with Crippen molar-refractivity contribution < 1.29 is 4.52 Å². The summed E-state index contributed by atoms with van der Waals surface area (Å²) in [5.74, 6) is 0.492. The minimum Gasteiger partial charge on any atom is -0.334 e. The van der Waals surface area contributed by atoms with Crippen molar-refractivity contribution in [2.75, 3.05) is 0 Å². The van der Waals surface area contributed by atoms with Crippen molar-refractivity contribution in [1.29, 1.82) is 0 Å². The lowest BCUT2D eigenvalue weighted by atomic mass is 9.99. The van der Waals surface area contributed by atoms with Gasteiger partial charge in [0, 0.05) is 13.2 Å². The second-order valence-corrected chi connectivity index (χ2v) is 5.20. The summed E-state index contributed by atoms with van der Waals surface area (Å²) in [4.78, 5) is 29.5. The number of nitrogens with two attached hydrogens (primary N) is 1. The lowest BCUT2D eigenvalue weighted by Crippen LogP contribution is -2.34. The molecule has 0 saturated heterocycles. The van der Waals surface area contributed by atoms with Gasteiger partial charge < -0.3 is 14.8 Å². The minimum atomic E-state index is -0.574. The number of hydrogen-bond donors (Lipinski definition) is 2. The van der Waals surface area contributed by atoms with Gasteiger partial charge in [-0.1, -0.05) is 18.0 Å². The molecule has 1 fully saturated rings. The van der Waals surface area contributed by atoms with Crippen LogP contribution >= 0.6 is 12.4 Å². The molecule has 0 spiro atoms. The van der Waals surface area contributed by atoms with Crippen LogP contribution < -0.4 is 17.0 Å². The van der Waals surface area contributed by atoms with Crippen LogP contribution in [0.5, 0.6) is 0 Å². The van der Waals surface area contributed by atoms with Gasteiger partial charge in [-0.15, -0.1) is 12.4 Å². The zero-order valence-electron chi connectivity index (χ0n) is 11.5. The maximum atomic E-state index is 11.8. The van der Waals surface area contributed by atoms with Crippen molar-refractivity contribution in [2.45, 2.75) is 31.2 Å². The van der Waals surface area contributed by atoms with E-state index in [1.807, 2.05) is 0 Å². The zero-order chi connectivity index (χ0) is 14.3. The first-order valence-corrected chi connectivity index (χ1v) is 6.43. The second kappa shape index (κ2) is 5.45. The predicted molar refractivity (Wildman–Crippen MR) is 77.2 cm³/mol. The molecular weight excluding hydrogens is 298 g/mol. The highest BCUT2D eigenvalue weighted by Crippen LogP contribution is 2.35. The Bertz CT molecular complexity index is 757. The van der Waals surface area contributed by atoms with Crippen molar-refractivity contribution in [2.24, 2.45) is 12.8 Å². The quantitative estimate of drug-likeness (QED) is 0.821. The fourth-order valence-corrected chi connectivity index (χ4v) is 2.48. The van der Waals surface area contributed by atoms with Crippen LogP contribution in [0.1, 0.15) is 31.5 Å². The molecular formula is C12H16ClN5O3. The van der Waals surface area contributed by atoms with Gasteiger partial charge in [0.2, 0.25) is 0 Å². The first kappa shape index (κ1) is 15.5. The number of nitrogens with one attached hydrogen (secondary N) is 1. The van der Waals surface area contributed by atoms with Gasteiger partial charge in [-0.05, 0) is 12.8 Å². The monoisotopic (exact) mass is 313 g/mol. The van der Waals surface area contributed by atoms with Crippen LogP contribution in [0.2, 0.25) is 0 Å². The van der Waals surface area contributed by atoms with Crippen molar-refractivity contribution in [3.63, 3.8) is 0 Å². The summed E-state index contributed by atoms with van der Waals surface area (Å²) >= 11 is 0. The summed E-state index contributed by atoms with van der Waals surface area (Å²) in [5.41, 5.74) is 4.77. The number of rotatable bonds is 2. The number of nitrogens with zero attached hydrogens (tertiary/aromatic N) is 3. The molecule has 21 heavy (non-hydrogen) atoms. The van der Waals surface area contributed by atoms with E-state index in [9.17, 15) is 9.59 Å². The van der Waals surface area contributed by atoms with Crippen molar-refractivity contribution in [3.8, 4) is 11.5 Å². The Balaban J connectivity index is 0.00000161. The van der Waals surface area contributed by atoms with Crippen LogP contribution in [0.4, 0.5) is 0 Å². The molecule has 0 radical (unpaired) electrons. The fourth-order valence-electron chi connectivity index (χ4n) is 2.48. The van der Waals surface area contributed by atoms with Gasteiger partial charge in [0.1, 0.15) is 5.56 Å². The van der Waals surface area contributed by atoms with Gasteiger partial charge in [-0.2, -0.15) is 4.98 Å². The Morgan fingerprint density at radius 3 is 2.71 bits per heavy atom. The Kier molecular flexibility index (Phi) is 4.02. The molecule has 0 bridgehead atoms. The molecule has 2 heterocycles. The molecule has 3 N–H and O–H groups in total. The van der Waals surface area contributed by atoms with Gasteiger partial charge in [-0.3, -0.25) is 9.78 Å². The van der Waals surface area contributed by atoms with Crippen LogP contribution in [-0.4, -0.2) is 19.7 Å². The average Bonchev–Trinajstić information content (AvgIpc) is 3.03. The van der Waals surface area contributed by atoms with E-state index in [2.05, 4.69) is 15.1 Å². The number of aromatic nitrogens is 4. The van der Waals surface area contributed by atoms with E-state index in [1.165, 1.54) is 17.8 Å². The Labute approximate surface area is 125 Å². The number of aromatic amines is 1. The molecule has 3 rings (SSSR count). The van der Waals surface area contributed by atoms with Crippen LogP contribution in [0.3, 0.4) is 0 Å².